The summed E-state index contributed by atoms with van der Waals surface area (Å²) in [5, 5.41) is 0. The number of halogens is 1. The molecule has 82 valence electrons. The van der Waals surface area contributed by atoms with Gasteiger partial charge in [0.25, 0.3) is 0 Å². The van der Waals surface area contributed by atoms with Gasteiger partial charge in [-0.05, 0) is 24.0 Å². The highest BCUT2D eigenvalue weighted by molar-refractivity contribution is 5.75. The van der Waals surface area contributed by atoms with Gasteiger partial charge in [0.05, 0.1) is 0 Å². The van der Waals surface area contributed by atoms with Gasteiger partial charge in [0.1, 0.15) is 12.0 Å². The molecule has 2 heteroatoms. The Bertz CT molecular complexity index is 361. The number of alkyl halides is 1. The van der Waals surface area contributed by atoms with Gasteiger partial charge in [0.15, 0.2) is 0 Å². The summed E-state index contributed by atoms with van der Waals surface area (Å²) in [4.78, 5) is 10.6. The molecule has 0 heterocycles. The fourth-order valence-corrected chi connectivity index (χ4v) is 1.34. The van der Waals surface area contributed by atoms with Crippen LogP contribution < -0.4 is 0 Å². The van der Waals surface area contributed by atoms with Gasteiger partial charge < -0.3 is 0 Å². The summed E-state index contributed by atoms with van der Waals surface area (Å²) in [7, 11) is 0. The number of hydrogen-bond acceptors (Lipinski definition) is 1. The minimum absolute atomic E-state index is 0.492. The standard InChI is InChI=1S/C13H17FO/c1-12(2,3)13(4,14)11-7-5-6-10(8-11)9-15/h5-9H,1-4H3. The van der Waals surface area contributed by atoms with Crippen LogP contribution in [0.25, 0.3) is 0 Å². The van der Waals surface area contributed by atoms with Crippen LogP contribution in [0, 0.1) is 5.41 Å². The second-order valence-electron chi connectivity index (χ2n) is 5.00. The molecule has 0 aromatic heterocycles. The van der Waals surface area contributed by atoms with Gasteiger partial charge in [-0.15, -0.1) is 0 Å². The highest BCUT2D eigenvalue weighted by Gasteiger charge is 2.39. The van der Waals surface area contributed by atoms with E-state index in [1.54, 1.807) is 31.2 Å². The van der Waals surface area contributed by atoms with Crippen molar-refractivity contribution < 1.29 is 9.18 Å². The SMILES string of the molecule is CC(C)(C)C(C)(F)c1cccc(C=O)c1. The van der Waals surface area contributed by atoms with E-state index in [1.165, 1.54) is 0 Å². The summed E-state index contributed by atoms with van der Waals surface area (Å²) in [6.07, 6.45) is 0.738. The van der Waals surface area contributed by atoms with E-state index in [9.17, 15) is 9.18 Å². The van der Waals surface area contributed by atoms with Crippen LogP contribution in [-0.4, -0.2) is 6.29 Å². The Hall–Kier alpha value is -1.18. The average Bonchev–Trinajstić information content (AvgIpc) is 2.16. The van der Waals surface area contributed by atoms with Crippen molar-refractivity contribution in [3.05, 3.63) is 35.4 Å². The monoisotopic (exact) mass is 208 g/mol. The molecule has 1 unspecified atom stereocenters. The molecule has 0 aliphatic heterocycles. The van der Waals surface area contributed by atoms with Crippen molar-refractivity contribution >= 4 is 6.29 Å². The molecule has 15 heavy (non-hydrogen) atoms. The molecule has 0 aliphatic rings. The molecule has 1 nitrogen and oxygen atoms in total. The number of hydrogen-bond donors (Lipinski definition) is 0. The molecule has 0 aliphatic carbocycles. The molecule has 1 aromatic carbocycles. The van der Waals surface area contributed by atoms with Crippen LogP contribution in [0.3, 0.4) is 0 Å². The highest BCUT2D eigenvalue weighted by Crippen LogP contribution is 2.42. The molecule has 0 fully saturated rings. The lowest BCUT2D eigenvalue weighted by Gasteiger charge is -2.35. The first kappa shape index (κ1) is 11.9. The van der Waals surface area contributed by atoms with Gasteiger partial charge in [0.2, 0.25) is 0 Å². The number of benzene rings is 1. The fraction of sp³-hybridized carbons (Fsp3) is 0.462. The molecule has 0 radical (unpaired) electrons. The number of carbonyl (C=O) groups excluding carboxylic acids is 1. The second-order valence-corrected chi connectivity index (χ2v) is 5.00. The Morgan fingerprint density at radius 3 is 2.27 bits per heavy atom. The predicted octanol–water partition coefficient (Wildman–Crippen LogP) is 3.73. The van der Waals surface area contributed by atoms with Crippen LogP contribution in [0.1, 0.15) is 43.6 Å². The lowest BCUT2D eigenvalue weighted by Crippen LogP contribution is -2.32. The molecule has 0 bridgehead atoms. The molecular weight excluding hydrogens is 191 g/mol. The summed E-state index contributed by atoms with van der Waals surface area (Å²) in [6.45, 7) is 7.10. The third-order valence-electron chi connectivity index (χ3n) is 2.97. The maximum atomic E-state index is 14.5. The first-order valence-electron chi connectivity index (χ1n) is 5.03. The molecule has 0 N–H and O–H groups in total. The third-order valence-corrected chi connectivity index (χ3v) is 2.97. The summed E-state index contributed by atoms with van der Waals surface area (Å²) in [5.41, 5.74) is -0.860. The van der Waals surface area contributed by atoms with E-state index in [2.05, 4.69) is 0 Å². The molecule has 1 aromatic rings. The summed E-state index contributed by atoms with van der Waals surface area (Å²) in [6, 6.07) is 6.72. The summed E-state index contributed by atoms with van der Waals surface area (Å²) in [5.74, 6) is 0. The summed E-state index contributed by atoms with van der Waals surface area (Å²) < 4.78 is 14.5. The lowest BCUT2D eigenvalue weighted by molar-refractivity contribution is 0.0452. The quantitative estimate of drug-likeness (QED) is 0.677. The van der Waals surface area contributed by atoms with Crippen molar-refractivity contribution in [2.24, 2.45) is 5.41 Å². The molecular formula is C13H17FO. The van der Waals surface area contributed by atoms with Gasteiger partial charge in [-0.3, -0.25) is 4.79 Å². The number of carbonyl (C=O) groups is 1. The zero-order valence-corrected chi connectivity index (χ0v) is 9.67. The van der Waals surface area contributed by atoms with Gasteiger partial charge in [0, 0.05) is 5.56 Å². The Balaban J connectivity index is 3.21. The molecule has 0 amide bonds. The van der Waals surface area contributed by atoms with E-state index in [0.717, 1.165) is 6.29 Å². The van der Waals surface area contributed by atoms with Gasteiger partial charge in [-0.1, -0.05) is 39.0 Å². The van der Waals surface area contributed by atoms with Crippen molar-refractivity contribution in [1.82, 2.24) is 0 Å². The smallest absolute Gasteiger partial charge is 0.150 e. The molecule has 0 saturated heterocycles. The molecule has 0 saturated carbocycles. The van der Waals surface area contributed by atoms with Gasteiger partial charge in [-0.2, -0.15) is 0 Å². The Kier molecular flexibility index (Phi) is 2.98. The lowest BCUT2D eigenvalue weighted by atomic mass is 9.75. The Morgan fingerprint density at radius 1 is 1.20 bits per heavy atom. The topological polar surface area (TPSA) is 17.1 Å². The van der Waals surface area contributed by atoms with Crippen molar-refractivity contribution in [1.29, 1.82) is 0 Å². The van der Waals surface area contributed by atoms with E-state index in [-0.39, 0.29) is 0 Å². The zero-order chi connectivity index (χ0) is 11.7. The number of rotatable bonds is 2. The first-order chi connectivity index (χ1) is 6.79. The maximum absolute atomic E-state index is 14.5. The van der Waals surface area contributed by atoms with Crippen LogP contribution >= 0.6 is 0 Å². The Morgan fingerprint density at radius 2 is 1.80 bits per heavy atom. The summed E-state index contributed by atoms with van der Waals surface area (Å²) >= 11 is 0. The highest BCUT2D eigenvalue weighted by atomic mass is 19.1. The predicted molar refractivity (Wildman–Crippen MR) is 59.7 cm³/mol. The van der Waals surface area contributed by atoms with Gasteiger partial charge >= 0.3 is 0 Å². The molecule has 1 atom stereocenters. The van der Waals surface area contributed by atoms with E-state index < -0.39 is 11.1 Å². The van der Waals surface area contributed by atoms with Crippen LogP contribution in [-0.2, 0) is 5.67 Å². The van der Waals surface area contributed by atoms with E-state index in [4.69, 9.17) is 0 Å². The molecule has 1 rings (SSSR count). The number of aldehydes is 1. The Labute approximate surface area is 90.3 Å². The maximum Gasteiger partial charge on any atom is 0.150 e. The van der Waals surface area contributed by atoms with Crippen LogP contribution in [0.5, 0.6) is 0 Å². The van der Waals surface area contributed by atoms with E-state index in [1.807, 2.05) is 20.8 Å². The zero-order valence-electron chi connectivity index (χ0n) is 9.67. The average molecular weight is 208 g/mol. The first-order valence-corrected chi connectivity index (χ1v) is 5.03. The largest absolute Gasteiger partial charge is 0.298 e. The minimum atomic E-state index is -1.44. The van der Waals surface area contributed by atoms with Crippen molar-refractivity contribution in [2.75, 3.05) is 0 Å². The normalized spacial score (nSPS) is 15.8. The van der Waals surface area contributed by atoms with Crippen LogP contribution in [0.15, 0.2) is 24.3 Å². The van der Waals surface area contributed by atoms with E-state index in [0.29, 0.717) is 11.1 Å². The van der Waals surface area contributed by atoms with Crippen molar-refractivity contribution in [3.8, 4) is 0 Å². The van der Waals surface area contributed by atoms with Crippen LogP contribution in [0.2, 0.25) is 0 Å². The van der Waals surface area contributed by atoms with Crippen LogP contribution in [0.4, 0.5) is 4.39 Å². The van der Waals surface area contributed by atoms with Crippen molar-refractivity contribution in [2.45, 2.75) is 33.4 Å². The van der Waals surface area contributed by atoms with E-state index >= 15 is 0 Å². The van der Waals surface area contributed by atoms with Gasteiger partial charge in [-0.25, -0.2) is 4.39 Å². The second kappa shape index (κ2) is 3.76. The minimum Gasteiger partial charge on any atom is -0.298 e. The third kappa shape index (κ3) is 2.25. The molecule has 0 spiro atoms. The van der Waals surface area contributed by atoms with Crippen molar-refractivity contribution in [3.63, 3.8) is 0 Å². The fourth-order valence-electron chi connectivity index (χ4n) is 1.34.